The third-order valence-corrected chi connectivity index (χ3v) is 7.87. The fourth-order valence-corrected chi connectivity index (χ4v) is 5.85. The largest absolute Gasteiger partial charge is 0.347 e. The number of anilines is 1. The van der Waals surface area contributed by atoms with Crippen LogP contribution in [0.25, 0.3) is 0 Å². The van der Waals surface area contributed by atoms with Gasteiger partial charge in [-0.25, -0.2) is 13.8 Å². The van der Waals surface area contributed by atoms with Gasteiger partial charge in [-0.3, -0.25) is 4.79 Å². The number of carbonyl (C=O) groups excluding carboxylic acids is 1. The molecule has 3 fully saturated rings. The van der Waals surface area contributed by atoms with Crippen LogP contribution in [-0.4, -0.2) is 47.5 Å². The first kappa shape index (κ1) is 22.7. The van der Waals surface area contributed by atoms with Crippen molar-refractivity contribution in [2.45, 2.75) is 56.7 Å². The van der Waals surface area contributed by atoms with Gasteiger partial charge in [-0.05, 0) is 61.4 Å². The highest BCUT2D eigenvalue weighted by molar-refractivity contribution is 5.77. The maximum Gasteiger partial charge on any atom is 0.223 e. The van der Waals surface area contributed by atoms with E-state index in [0.29, 0.717) is 37.5 Å². The lowest BCUT2D eigenvalue weighted by Crippen LogP contribution is -2.57. The van der Waals surface area contributed by atoms with Gasteiger partial charge in [-0.1, -0.05) is 13.0 Å². The van der Waals surface area contributed by atoms with Gasteiger partial charge < -0.3 is 15.1 Å². The Morgan fingerprint density at radius 1 is 1.24 bits per heavy atom. The molecule has 0 spiro atoms. The summed E-state index contributed by atoms with van der Waals surface area (Å²) >= 11 is 0. The standard InChI is InChI=1S/C26H29F2N5O/c1-17-11-20-15-32(16-23(17)33(20)24-6-3-18(13-29)14-30-24)25(34)7-10-31-26(8-2-9-26)19-4-5-21(27)22(28)12-19/h3-6,12,14,17,20,23,31H,2,7-11,15-16H2,1H3/t17-,20?,23?/m0/s1. The Bertz CT molecular complexity index is 1110. The molecule has 34 heavy (non-hydrogen) atoms. The van der Waals surface area contributed by atoms with Crippen LogP contribution in [0.4, 0.5) is 14.6 Å². The molecule has 178 valence electrons. The average molecular weight is 466 g/mol. The van der Waals surface area contributed by atoms with Gasteiger partial charge >= 0.3 is 0 Å². The van der Waals surface area contributed by atoms with Crippen molar-refractivity contribution in [3.63, 3.8) is 0 Å². The number of fused-ring (bicyclic) bond motifs is 2. The number of halogens is 2. The first-order valence-corrected chi connectivity index (χ1v) is 12.0. The Kier molecular flexibility index (Phi) is 5.98. The normalized spacial score (nSPS) is 25.1. The first-order chi connectivity index (χ1) is 16.4. The number of amides is 1. The highest BCUT2D eigenvalue weighted by Crippen LogP contribution is 2.42. The molecule has 8 heteroatoms. The minimum atomic E-state index is -0.840. The SMILES string of the molecule is C[C@H]1CC2CN(C(=O)CCNC3(c4ccc(F)c(F)c4)CCC3)CC1N2c1ccc(C#N)cn1. The number of benzene rings is 1. The first-order valence-electron chi connectivity index (χ1n) is 12.0. The fourth-order valence-electron chi connectivity index (χ4n) is 5.85. The summed E-state index contributed by atoms with van der Waals surface area (Å²) in [6.07, 6.45) is 5.70. The monoisotopic (exact) mass is 465 g/mol. The van der Waals surface area contributed by atoms with Crippen LogP contribution in [0.1, 0.15) is 50.2 Å². The zero-order valence-corrected chi connectivity index (χ0v) is 19.3. The number of nitrogens with zero attached hydrogens (tertiary/aromatic N) is 4. The number of nitriles is 1. The molecular weight excluding hydrogens is 436 g/mol. The van der Waals surface area contributed by atoms with Crippen molar-refractivity contribution in [3.8, 4) is 6.07 Å². The van der Waals surface area contributed by atoms with Crippen LogP contribution in [0.15, 0.2) is 36.5 Å². The summed E-state index contributed by atoms with van der Waals surface area (Å²) in [6.45, 7) is 4.04. The van der Waals surface area contributed by atoms with Gasteiger partial charge in [-0.15, -0.1) is 0 Å². The molecular formula is C26H29F2N5O. The van der Waals surface area contributed by atoms with Crippen molar-refractivity contribution < 1.29 is 13.6 Å². The molecule has 6 nitrogen and oxygen atoms in total. The van der Waals surface area contributed by atoms with Crippen LogP contribution in [-0.2, 0) is 10.3 Å². The summed E-state index contributed by atoms with van der Waals surface area (Å²) in [5.41, 5.74) is 0.918. The lowest BCUT2D eigenvalue weighted by molar-refractivity contribution is -0.132. The fraction of sp³-hybridized carbons (Fsp3) is 0.500. The summed E-state index contributed by atoms with van der Waals surface area (Å²) in [4.78, 5) is 21.9. The van der Waals surface area contributed by atoms with E-state index in [1.807, 2.05) is 11.0 Å². The van der Waals surface area contributed by atoms with Crippen LogP contribution in [0.5, 0.6) is 0 Å². The second-order valence-corrected chi connectivity index (χ2v) is 9.90. The second kappa shape index (κ2) is 8.95. The molecule has 3 heterocycles. The minimum Gasteiger partial charge on any atom is -0.347 e. The molecule has 0 radical (unpaired) electrons. The number of rotatable bonds is 6. The number of aromatic nitrogens is 1. The van der Waals surface area contributed by atoms with Gasteiger partial charge in [-0.2, -0.15) is 5.26 Å². The molecule has 1 saturated carbocycles. The third-order valence-electron chi connectivity index (χ3n) is 7.87. The van der Waals surface area contributed by atoms with Crippen molar-refractivity contribution in [2.24, 2.45) is 5.92 Å². The van der Waals surface area contributed by atoms with Crippen LogP contribution in [0.2, 0.25) is 0 Å². The van der Waals surface area contributed by atoms with Gasteiger partial charge in [0, 0.05) is 43.8 Å². The number of pyridine rings is 1. The van der Waals surface area contributed by atoms with Crippen LogP contribution in [0.3, 0.4) is 0 Å². The van der Waals surface area contributed by atoms with E-state index in [1.54, 1.807) is 18.3 Å². The zero-order valence-electron chi connectivity index (χ0n) is 19.3. The molecule has 5 rings (SSSR count). The molecule has 1 aromatic carbocycles. The zero-order chi connectivity index (χ0) is 23.9. The molecule has 2 unspecified atom stereocenters. The predicted octanol–water partition coefficient (Wildman–Crippen LogP) is 3.72. The van der Waals surface area contributed by atoms with Gasteiger partial charge in [0.05, 0.1) is 11.6 Å². The lowest BCUT2D eigenvalue weighted by Gasteiger charge is -2.44. The van der Waals surface area contributed by atoms with E-state index in [0.717, 1.165) is 37.1 Å². The van der Waals surface area contributed by atoms with Gasteiger partial charge in [0.1, 0.15) is 11.9 Å². The van der Waals surface area contributed by atoms with Crippen LogP contribution >= 0.6 is 0 Å². The Hall–Kier alpha value is -3.05. The number of carbonyl (C=O) groups is 1. The van der Waals surface area contributed by atoms with E-state index in [1.165, 1.54) is 12.1 Å². The number of likely N-dealkylation sites (tertiary alicyclic amines) is 1. The molecule has 2 aromatic rings. The van der Waals surface area contributed by atoms with Crippen molar-refractivity contribution in [1.29, 1.82) is 5.26 Å². The number of hydrogen-bond acceptors (Lipinski definition) is 5. The second-order valence-electron chi connectivity index (χ2n) is 9.90. The molecule has 3 aliphatic rings. The van der Waals surface area contributed by atoms with Crippen molar-refractivity contribution in [2.75, 3.05) is 24.5 Å². The maximum absolute atomic E-state index is 13.8. The van der Waals surface area contributed by atoms with E-state index in [-0.39, 0.29) is 23.5 Å². The van der Waals surface area contributed by atoms with Crippen molar-refractivity contribution in [1.82, 2.24) is 15.2 Å². The molecule has 2 saturated heterocycles. The molecule has 2 bridgehead atoms. The quantitative estimate of drug-likeness (QED) is 0.704. The Balaban J connectivity index is 1.20. The Morgan fingerprint density at radius 3 is 2.68 bits per heavy atom. The maximum atomic E-state index is 13.8. The van der Waals surface area contributed by atoms with Crippen LogP contribution in [0, 0.1) is 28.9 Å². The van der Waals surface area contributed by atoms with E-state index >= 15 is 0 Å². The summed E-state index contributed by atoms with van der Waals surface area (Å²) in [5, 5.41) is 12.5. The molecule has 1 N–H and O–H groups in total. The van der Waals surface area contributed by atoms with E-state index < -0.39 is 11.6 Å². The Labute approximate surface area is 198 Å². The van der Waals surface area contributed by atoms with E-state index in [4.69, 9.17) is 5.26 Å². The highest BCUT2D eigenvalue weighted by atomic mass is 19.2. The highest BCUT2D eigenvalue weighted by Gasteiger charge is 2.46. The summed E-state index contributed by atoms with van der Waals surface area (Å²) < 4.78 is 27.2. The molecule has 2 aliphatic heterocycles. The summed E-state index contributed by atoms with van der Waals surface area (Å²) in [6, 6.07) is 10.3. The topological polar surface area (TPSA) is 72.3 Å². The molecule has 1 aliphatic carbocycles. The predicted molar refractivity (Wildman–Crippen MR) is 124 cm³/mol. The van der Waals surface area contributed by atoms with Crippen LogP contribution < -0.4 is 10.2 Å². The molecule has 3 atom stereocenters. The smallest absolute Gasteiger partial charge is 0.223 e. The van der Waals surface area contributed by atoms with E-state index in [9.17, 15) is 13.6 Å². The number of piperazine rings is 1. The third kappa shape index (κ3) is 4.03. The molecule has 1 amide bonds. The summed E-state index contributed by atoms with van der Waals surface area (Å²) in [5.74, 6) is -0.243. The van der Waals surface area contributed by atoms with Crippen molar-refractivity contribution in [3.05, 3.63) is 59.3 Å². The van der Waals surface area contributed by atoms with Crippen molar-refractivity contribution >= 4 is 11.7 Å². The average Bonchev–Trinajstić information content (AvgIpc) is 3.01. The molecule has 1 aromatic heterocycles. The van der Waals surface area contributed by atoms with Gasteiger partial charge in [0.25, 0.3) is 0 Å². The van der Waals surface area contributed by atoms with E-state index in [2.05, 4.69) is 28.2 Å². The number of nitrogens with one attached hydrogen (secondary N) is 1. The van der Waals surface area contributed by atoms with Gasteiger partial charge in [0.15, 0.2) is 11.6 Å². The lowest BCUT2D eigenvalue weighted by atomic mass is 9.71. The summed E-state index contributed by atoms with van der Waals surface area (Å²) in [7, 11) is 0. The minimum absolute atomic E-state index is 0.115. The van der Waals surface area contributed by atoms with Gasteiger partial charge in [0.2, 0.25) is 5.91 Å². The Morgan fingerprint density at radius 2 is 2.06 bits per heavy atom. The number of hydrogen-bond donors (Lipinski definition) is 1.